The van der Waals surface area contributed by atoms with Gasteiger partial charge in [-0.3, -0.25) is 4.79 Å². The summed E-state index contributed by atoms with van der Waals surface area (Å²) in [7, 11) is 0. The van der Waals surface area contributed by atoms with Crippen LogP contribution in [-0.4, -0.2) is 69.8 Å². The first-order chi connectivity index (χ1) is 20.0. The average molecular weight is 558 g/mol. The SMILES string of the molecule is CCc1cnc(N2CCN(C(=O)Cn3nc(-c4ccc(F)cc4)nc3-c3ccc(F)cc3)CC2)cc1N1CCCC1. The van der Waals surface area contributed by atoms with Crippen molar-refractivity contribution in [2.45, 2.75) is 32.7 Å². The number of pyridine rings is 1. The predicted molar refractivity (Wildman–Crippen MR) is 155 cm³/mol. The van der Waals surface area contributed by atoms with Crippen LogP contribution in [0.4, 0.5) is 20.3 Å². The number of halogens is 2. The summed E-state index contributed by atoms with van der Waals surface area (Å²) in [5, 5.41) is 4.59. The van der Waals surface area contributed by atoms with Crippen molar-refractivity contribution in [3.8, 4) is 22.8 Å². The number of benzene rings is 2. The van der Waals surface area contributed by atoms with Crippen LogP contribution in [0, 0.1) is 11.6 Å². The number of aromatic nitrogens is 4. The summed E-state index contributed by atoms with van der Waals surface area (Å²) in [5.41, 5.74) is 3.82. The minimum Gasteiger partial charge on any atom is -0.371 e. The second-order valence-electron chi connectivity index (χ2n) is 10.5. The minimum atomic E-state index is -0.362. The van der Waals surface area contributed by atoms with Crippen molar-refractivity contribution >= 4 is 17.4 Å². The number of rotatable bonds is 7. The number of carbonyl (C=O) groups excluding carboxylic acids is 1. The van der Waals surface area contributed by atoms with Crippen LogP contribution in [0.1, 0.15) is 25.3 Å². The Bertz CT molecular complexity index is 1510. The third-order valence-corrected chi connectivity index (χ3v) is 7.89. The van der Waals surface area contributed by atoms with Crippen molar-refractivity contribution < 1.29 is 13.6 Å². The number of piperazine rings is 1. The van der Waals surface area contributed by atoms with E-state index in [1.807, 2.05) is 11.1 Å². The molecule has 0 radical (unpaired) electrons. The molecule has 0 N–H and O–H groups in total. The highest BCUT2D eigenvalue weighted by Gasteiger charge is 2.25. The van der Waals surface area contributed by atoms with Crippen LogP contribution in [0.15, 0.2) is 60.8 Å². The van der Waals surface area contributed by atoms with E-state index >= 15 is 0 Å². The molecule has 4 heterocycles. The smallest absolute Gasteiger partial charge is 0.244 e. The van der Waals surface area contributed by atoms with Gasteiger partial charge in [0, 0.05) is 68.3 Å². The van der Waals surface area contributed by atoms with E-state index in [2.05, 4.69) is 32.9 Å². The lowest BCUT2D eigenvalue weighted by Gasteiger charge is -2.36. The zero-order chi connectivity index (χ0) is 28.3. The Morgan fingerprint density at radius 3 is 2.10 bits per heavy atom. The monoisotopic (exact) mass is 557 g/mol. The van der Waals surface area contributed by atoms with E-state index in [9.17, 15) is 13.6 Å². The molecule has 41 heavy (non-hydrogen) atoms. The first-order valence-corrected chi connectivity index (χ1v) is 14.2. The molecule has 2 aromatic heterocycles. The van der Waals surface area contributed by atoms with Crippen molar-refractivity contribution in [2.75, 3.05) is 49.1 Å². The van der Waals surface area contributed by atoms with Crippen LogP contribution in [0.3, 0.4) is 0 Å². The summed E-state index contributed by atoms with van der Waals surface area (Å²) in [4.78, 5) is 29.4. The van der Waals surface area contributed by atoms with Gasteiger partial charge in [0.15, 0.2) is 11.6 Å². The summed E-state index contributed by atoms with van der Waals surface area (Å²) < 4.78 is 28.6. The molecule has 0 aliphatic carbocycles. The van der Waals surface area contributed by atoms with Crippen LogP contribution in [0.2, 0.25) is 0 Å². The first-order valence-electron chi connectivity index (χ1n) is 14.2. The average Bonchev–Trinajstić information content (AvgIpc) is 3.69. The predicted octanol–water partition coefficient (Wildman–Crippen LogP) is 4.80. The van der Waals surface area contributed by atoms with Gasteiger partial charge in [-0.15, -0.1) is 5.10 Å². The van der Waals surface area contributed by atoms with E-state index in [0.29, 0.717) is 49.0 Å². The molecule has 2 fully saturated rings. The number of nitrogens with zero attached hydrogens (tertiary/aromatic N) is 7. The van der Waals surface area contributed by atoms with Gasteiger partial charge in [-0.25, -0.2) is 23.4 Å². The molecule has 1 amide bonds. The third-order valence-electron chi connectivity index (χ3n) is 7.89. The Morgan fingerprint density at radius 1 is 0.829 bits per heavy atom. The maximum Gasteiger partial charge on any atom is 0.244 e. The highest BCUT2D eigenvalue weighted by atomic mass is 19.1. The Hall–Kier alpha value is -4.34. The molecule has 0 spiro atoms. The molecular formula is C31H33F2N7O. The van der Waals surface area contributed by atoms with E-state index in [1.54, 1.807) is 28.9 Å². The number of aryl methyl sites for hydroxylation is 1. The van der Waals surface area contributed by atoms with Gasteiger partial charge in [-0.1, -0.05) is 6.92 Å². The summed E-state index contributed by atoms with van der Waals surface area (Å²) in [6.07, 6.45) is 5.40. The fraction of sp³-hybridized carbons (Fsp3) is 0.355. The molecule has 0 saturated carbocycles. The Labute approximate surface area is 238 Å². The Kier molecular flexibility index (Phi) is 7.63. The molecule has 0 bridgehead atoms. The molecule has 8 nitrogen and oxygen atoms in total. The van der Waals surface area contributed by atoms with Gasteiger partial charge >= 0.3 is 0 Å². The molecular weight excluding hydrogens is 524 g/mol. The number of amides is 1. The maximum absolute atomic E-state index is 13.6. The molecule has 0 unspecified atom stereocenters. The second-order valence-corrected chi connectivity index (χ2v) is 10.5. The zero-order valence-corrected chi connectivity index (χ0v) is 23.1. The van der Waals surface area contributed by atoms with Crippen LogP contribution in [0.5, 0.6) is 0 Å². The largest absolute Gasteiger partial charge is 0.371 e. The molecule has 4 aromatic rings. The highest BCUT2D eigenvalue weighted by molar-refractivity contribution is 5.77. The zero-order valence-electron chi connectivity index (χ0n) is 23.1. The molecule has 2 aromatic carbocycles. The van der Waals surface area contributed by atoms with Crippen LogP contribution >= 0.6 is 0 Å². The minimum absolute atomic E-state index is 0.0105. The molecule has 2 aliphatic rings. The topological polar surface area (TPSA) is 70.4 Å². The molecule has 2 saturated heterocycles. The van der Waals surface area contributed by atoms with E-state index in [4.69, 9.17) is 4.98 Å². The summed E-state index contributed by atoms with van der Waals surface area (Å²) in [5.74, 6) is 0.984. The van der Waals surface area contributed by atoms with E-state index in [1.165, 1.54) is 48.4 Å². The molecule has 2 aliphatic heterocycles. The number of carbonyl (C=O) groups is 1. The molecule has 0 atom stereocenters. The van der Waals surface area contributed by atoms with Crippen molar-refractivity contribution in [1.82, 2.24) is 24.6 Å². The Balaban J connectivity index is 1.17. The summed E-state index contributed by atoms with van der Waals surface area (Å²) >= 11 is 0. The van der Waals surface area contributed by atoms with Crippen molar-refractivity contribution in [3.63, 3.8) is 0 Å². The van der Waals surface area contributed by atoms with E-state index in [-0.39, 0.29) is 24.1 Å². The first kappa shape index (κ1) is 26.9. The van der Waals surface area contributed by atoms with Crippen molar-refractivity contribution in [2.24, 2.45) is 0 Å². The standard InChI is InChI=1S/C31H33F2N7O/c1-2-22-20-34-28(19-27(22)37-13-3-4-14-37)38-15-17-39(18-16-38)29(41)21-40-31(24-7-11-26(33)12-8-24)35-30(36-40)23-5-9-25(32)10-6-23/h5-12,19-20H,2-4,13-18,21H2,1H3. The van der Waals surface area contributed by atoms with Crippen LogP contribution in [0.25, 0.3) is 22.8 Å². The fourth-order valence-electron chi connectivity index (χ4n) is 5.56. The van der Waals surface area contributed by atoms with Gasteiger partial charge in [0.05, 0.1) is 0 Å². The van der Waals surface area contributed by atoms with E-state index < -0.39 is 0 Å². The number of hydrogen-bond acceptors (Lipinski definition) is 6. The quantitative estimate of drug-likeness (QED) is 0.325. The van der Waals surface area contributed by atoms with Gasteiger partial charge in [0.1, 0.15) is 24.0 Å². The Morgan fingerprint density at radius 2 is 1.46 bits per heavy atom. The lowest BCUT2D eigenvalue weighted by Crippen LogP contribution is -2.50. The van der Waals surface area contributed by atoms with Gasteiger partial charge < -0.3 is 14.7 Å². The second kappa shape index (κ2) is 11.6. The lowest BCUT2D eigenvalue weighted by atomic mass is 10.1. The van der Waals surface area contributed by atoms with Crippen molar-refractivity contribution in [1.29, 1.82) is 0 Å². The fourth-order valence-corrected chi connectivity index (χ4v) is 5.56. The molecule has 6 rings (SSSR count). The van der Waals surface area contributed by atoms with Gasteiger partial charge in [0.25, 0.3) is 0 Å². The maximum atomic E-state index is 13.6. The highest BCUT2D eigenvalue weighted by Crippen LogP contribution is 2.29. The number of hydrogen-bond donors (Lipinski definition) is 0. The van der Waals surface area contributed by atoms with Gasteiger partial charge in [-0.2, -0.15) is 0 Å². The molecule has 10 heteroatoms. The van der Waals surface area contributed by atoms with Crippen LogP contribution < -0.4 is 9.80 Å². The normalized spacial score (nSPS) is 15.5. The van der Waals surface area contributed by atoms with E-state index in [0.717, 1.165) is 25.3 Å². The molecule has 212 valence electrons. The summed E-state index contributed by atoms with van der Waals surface area (Å²) in [6.45, 7) is 6.84. The summed E-state index contributed by atoms with van der Waals surface area (Å²) in [6, 6.07) is 14.0. The van der Waals surface area contributed by atoms with Gasteiger partial charge in [-0.05, 0) is 73.4 Å². The van der Waals surface area contributed by atoms with Gasteiger partial charge in [0.2, 0.25) is 5.91 Å². The van der Waals surface area contributed by atoms with Crippen LogP contribution in [-0.2, 0) is 17.8 Å². The number of anilines is 2. The lowest BCUT2D eigenvalue weighted by molar-refractivity contribution is -0.132. The third kappa shape index (κ3) is 5.77. The van der Waals surface area contributed by atoms with Crippen molar-refractivity contribution in [3.05, 3.63) is 78.0 Å².